The van der Waals surface area contributed by atoms with Crippen molar-refractivity contribution in [3.8, 4) is 11.3 Å². The normalized spacial score (nSPS) is 11.1. The van der Waals surface area contributed by atoms with Crippen LogP contribution in [0.5, 0.6) is 0 Å². The molecule has 5 heteroatoms. The molecule has 0 N–H and O–H groups in total. The van der Waals surface area contributed by atoms with Crippen molar-refractivity contribution in [2.24, 2.45) is 0 Å². The van der Waals surface area contributed by atoms with Crippen LogP contribution in [0.4, 0.5) is 0 Å². The summed E-state index contributed by atoms with van der Waals surface area (Å²) in [5.74, 6) is 0.868. The number of fused-ring (bicyclic) bond motifs is 1. The Kier molecular flexibility index (Phi) is 4.51. The van der Waals surface area contributed by atoms with E-state index in [0.29, 0.717) is 0 Å². The first-order chi connectivity index (χ1) is 12.2. The van der Waals surface area contributed by atoms with Crippen LogP contribution in [0.25, 0.3) is 21.5 Å². The largest absolute Gasteiger partial charge is 0.238 e. The van der Waals surface area contributed by atoms with Crippen LogP contribution in [0.3, 0.4) is 0 Å². The van der Waals surface area contributed by atoms with Crippen LogP contribution in [0, 0.1) is 13.8 Å². The third-order valence-corrected chi connectivity index (χ3v) is 5.90. The van der Waals surface area contributed by atoms with Gasteiger partial charge in [-0.1, -0.05) is 71.9 Å². The molecule has 2 heterocycles. The highest BCUT2D eigenvalue weighted by molar-refractivity contribution is 7.98. The van der Waals surface area contributed by atoms with Crippen molar-refractivity contribution in [2.75, 3.05) is 0 Å². The van der Waals surface area contributed by atoms with Crippen LogP contribution in [-0.2, 0) is 5.75 Å². The summed E-state index contributed by atoms with van der Waals surface area (Å²) < 4.78 is 1.12. The van der Waals surface area contributed by atoms with Gasteiger partial charge in [0, 0.05) is 11.3 Å². The minimum atomic E-state index is 0.868. The molecule has 0 bridgehead atoms. The summed E-state index contributed by atoms with van der Waals surface area (Å²) in [7, 11) is 0. The van der Waals surface area contributed by atoms with Gasteiger partial charge in [0.2, 0.25) is 0 Å². The summed E-state index contributed by atoms with van der Waals surface area (Å²) in [4.78, 5) is 4.72. The molecule has 0 saturated heterocycles. The van der Waals surface area contributed by atoms with E-state index in [1.165, 1.54) is 11.1 Å². The summed E-state index contributed by atoms with van der Waals surface area (Å²) in [6.07, 6.45) is 0. The van der Waals surface area contributed by atoms with Gasteiger partial charge in [0.1, 0.15) is 16.2 Å². The molecule has 0 spiro atoms. The van der Waals surface area contributed by atoms with Crippen molar-refractivity contribution in [1.29, 1.82) is 0 Å². The molecule has 25 heavy (non-hydrogen) atoms. The Labute approximate surface area is 155 Å². The molecule has 0 saturated carbocycles. The molecule has 0 radical (unpaired) electrons. The molecular weight excluding hydrogens is 346 g/mol. The Balaban J connectivity index is 1.71. The number of nitrogens with zero attached hydrogens (tertiary/aromatic N) is 3. The van der Waals surface area contributed by atoms with E-state index in [1.54, 1.807) is 23.1 Å². The van der Waals surface area contributed by atoms with Crippen molar-refractivity contribution in [3.63, 3.8) is 0 Å². The molecule has 2 aromatic heterocycles. The topological polar surface area (TPSA) is 38.7 Å². The quantitative estimate of drug-likeness (QED) is 0.438. The number of hydrogen-bond acceptors (Lipinski definition) is 5. The first-order valence-corrected chi connectivity index (χ1v) is 9.88. The number of aryl methyl sites for hydroxylation is 2. The number of thioether (sulfide) groups is 1. The molecule has 0 aliphatic heterocycles. The lowest BCUT2D eigenvalue weighted by Gasteiger charge is -2.05. The average molecular weight is 364 g/mol. The lowest BCUT2D eigenvalue weighted by Crippen LogP contribution is -1.93. The molecule has 0 amide bonds. The van der Waals surface area contributed by atoms with Crippen molar-refractivity contribution in [1.82, 2.24) is 15.2 Å². The SMILES string of the molecule is Cc1cccc(CSc2nnc(-c3ccccc3)c3sc(C)nc23)c1. The highest BCUT2D eigenvalue weighted by atomic mass is 32.2. The second-order valence-electron chi connectivity index (χ2n) is 5.91. The number of aromatic nitrogens is 3. The Morgan fingerprint density at radius 3 is 2.60 bits per heavy atom. The Hall–Kier alpha value is -2.24. The zero-order valence-electron chi connectivity index (χ0n) is 14.1. The fourth-order valence-corrected chi connectivity index (χ4v) is 4.61. The molecule has 2 aromatic carbocycles. The fourth-order valence-electron chi connectivity index (χ4n) is 2.76. The van der Waals surface area contributed by atoms with E-state index in [1.807, 2.05) is 25.1 Å². The Morgan fingerprint density at radius 1 is 0.960 bits per heavy atom. The van der Waals surface area contributed by atoms with Gasteiger partial charge in [-0.15, -0.1) is 21.5 Å². The second-order valence-corrected chi connectivity index (χ2v) is 8.08. The van der Waals surface area contributed by atoms with Crippen molar-refractivity contribution in [2.45, 2.75) is 24.6 Å². The standard InChI is InChI=1S/C20H17N3S2/c1-13-7-6-8-15(11-13)12-24-20-18-19(25-14(2)21-18)17(22-23-20)16-9-4-3-5-10-16/h3-11H,12H2,1-2H3. The fraction of sp³-hybridized carbons (Fsp3) is 0.150. The van der Waals surface area contributed by atoms with E-state index in [9.17, 15) is 0 Å². The van der Waals surface area contributed by atoms with Crippen LogP contribution in [0.2, 0.25) is 0 Å². The molecular formula is C20H17N3S2. The second kappa shape index (κ2) is 6.94. The predicted octanol–water partition coefficient (Wildman–Crippen LogP) is 5.66. The van der Waals surface area contributed by atoms with Crippen LogP contribution in [-0.4, -0.2) is 15.2 Å². The summed E-state index contributed by atoms with van der Waals surface area (Å²) >= 11 is 3.38. The van der Waals surface area contributed by atoms with E-state index in [-0.39, 0.29) is 0 Å². The van der Waals surface area contributed by atoms with Gasteiger partial charge >= 0.3 is 0 Å². The van der Waals surface area contributed by atoms with Crippen molar-refractivity contribution >= 4 is 33.3 Å². The molecule has 0 aliphatic carbocycles. The summed E-state index contributed by atoms with van der Waals surface area (Å²) in [5.41, 5.74) is 5.53. The summed E-state index contributed by atoms with van der Waals surface area (Å²) in [5, 5.41) is 11.0. The molecule has 4 rings (SSSR count). The molecule has 0 unspecified atom stereocenters. The van der Waals surface area contributed by atoms with Crippen molar-refractivity contribution < 1.29 is 0 Å². The summed E-state index contributed by atoms with van der Waals surface area (Å²) in [6, 6.07) is 18.8. The van der Waals surface area contributed by atoms with E-state index in [0.717, 1.165) is 37.3 Å². The maximum absolute atomic E-state index is 4.72. The van der Waals surface area contributed by atoms with Crippen molar-refractivity contribution in [3.05, 3.63) is 70.7 Å². The molecule has 3 nitrogen and oxygen atoms in total. The lowest BCUT2D eigenvalue weighted by molar-refractivity contribution is 0.955. The molecule has 0 aliphatic rings. The first kappa shape index (κ1) is 16.2. The van der Waals surface area contributed by atoms with Gasteiger partial charge in [0.25, 0.3) is 0 Å². The molecule has 0 atom stereocenters. The van der Waals surface area contributed by atoms with E-state index in [4.69, 9.17) is 4.98 Å². The minimum Gasteiger partial charge on any atom is -0.238 e. The van der Waals surface area contributed by atoms with Gasteiger partial charge in [0.05, 0.1) is 9.71 Å². The number of rotatable bonds is 4. The van der Waals surface area contributed by atoms with E-state index >= 15 is 0 Å². The number of benzene rings is 2. The van der Waals surface area contributed by atoms with Gasteiger partial charge in [-0.3, -0.25) is 0 Å². The van der Waals surface area contributed by atoms with Gasteiger partial charge < -0.3 is 0 Å². The smallest absolute Gasteiger partial charge is 0.146 e. The number of thiazole rings is 1. The zero-order chi connectivity index (χ0) is 17.2. The maximum Gasteiger partial charge on any atom is 0.146 e. The van der Waals surface area contributed by atoms with Gasteiger partial charge in [-0.25, -0.2) is 4.98 Å². The van der Waals surface area contributed by atoms with Crippen LogP contribution < -0.4 is 0 Å². The number of hydrogen-bond donors (Lipinski definition) is 0. The molecule has 4 aromatic rings. The minimum absolute atomic E-state index is 0.868. The Morgan fingerprint density at radius 2 is 1.80 bits per heavy atom. The van der Waals surface area contributed by atoms with Crippen LogP contribution >= 0.6 is 23.1 Å². The van der Waals surface area contributed by atoms with Gasteiger partial charge in [0.15, 0.2) is 0 Å². The first-order valence-electron chi connectivity index (χ1n) is 8.08. The molecule has 124 valence electrons. The van der Waals surface area contributed by atoms with E-state index < -0.39 is 0 Å². The van der Waals surface area contributed by atoms with Crippen LogP contribution in [0.1, 0.15) is 16.1 Å². The monoisotopic (exact) mass is 363 g/mol. The van der Waals surface area contributed by atoms with Crippen LogP contribution in [0.15, 0.2) is 59.6 Å². The predicted molar refractivity (Wildman–Crippen MR) is 106 cm³/mol. The lowest BCUT2D eigenvalue weighted by atomic mass is 10.1. The van der Waals surface area contributed by atoms with Gasteiger partial charge in [-0.2, -0.15) is 0 Å². The third-order valence-electron chi connectivity index (χ3n) is 3.90. The Bertz CT molecular complexity index is 1030. The van der Waals surface area contributed by atoms with Gasteiger partial charge in [-0.05, 0) is 19.4 Å². The highest BCUT2D eigenvalue weighted by Gasteiger charge is 2.15. The third kappa shape index (κ3) is 3.43. The summed E-state index contributed by atoms with van der Waals surface area (Å²) in [6.45, 7) is 4.15. The average Bonchev–Trinajstić information content (AvgIpc) is 3.02. The molecule has 0 fully saturated rings. The highest BCUT2D eigenvalue weighted by Crippen LogP contribution is 2.36. The maximum atomic E-state index is 4.72. The van der Waals surface area contributed by atoms with E-state index in [2.05, 4.69) is 53.5 Å². The zero-order valence-corrected chi connectivity index (χ0v) is 15.7.